The molecular formula is C19H11F4N3. The zero-order chi connectivity index (χ0) is 18.3. The summed E-state index contributed by atoms with van der Waals surface area (Å²) in [4.78, 5) is 4.27. The highest BCUT2D eigenvalue weighted by Crippen LogP contribution is 2.33. The van der Waals surface area contributed by atoms with Crippen LogP contribution in [0.4, 0.5) is 17.6 Å². The quantitative estimate of drug-likeness (QED) is 0.460. The minimum absolute atomic E-state index is 0.0676. The van der Waals surface area contributed by atoms with Crippen LogP contribution >= 0.6 is 0 Å². The predicted molar refractivity (Wildman–Crippen MR) is 88.8 cm³/mol. The molecule has 0 aliphatic heterocycles. The van der Waals surface area contributed by atoms with Gasteiger partial charge in [0.15, 0.2) is 11.3 Å². The summed E-state index contributed by atoms with van der Waals surface area (Å²) in [5.74, 6) is -0.471. The molecule has 0 aliphatic carbocycles. The van der Waals surface area contributed by atoms with Gasteiger partial charge in [0.25, 0.3) is 0 Å². The van der Waals surface area contributed by atoms with E-state index in [0.717, 1.165) is 10.6 Å². The standard InChI is InChI=1S/C19H11F4N3/c20-14-8-6-13(7-9-14)15-10-17(19(21,22)23)26-18(24-15)11-16(25-26)12-4-2-1-3-5-12/h1-11H. The summed E-state index contributed by atoms with van der Waals surface area (Å²) in [6.45, 7) is 0. The van der Waals surface area contributed by atoms with Crippen LogP contribution in [-0.2, 0) is 6.18 Å². The van der Waals surface area contributed by atoms with E-state index in [0.29, 0.717) is 16.8 Å². The molecule has 0 atom stereocenters. The summed E-state index contributed by atoms with van der Waals surface area (Å²) in [5, 5.41) is 4.07. The van der Waals surface area contributed by atoms with Gasteiger partial charge in [-0.3, -0.25) is 0 Å². The maximum absolute atomic E-state index is 13.5. The molecule has 4 aromatic rings. The van der Waals surface area contributed by atoms with Gasteiger partial charge in [0.2, 0.25) is 0 Å². The van der Waals surface area contributed by atoms with Crippen LogP contribution < -0.4 is 0 Å². The zero-order valence-electron chi connectivity index (χ0n) is 13.2. The Morgan fingerprint density at radius 1 is 0.769 bits per heavy atom. The van der Waals surface area contributed by atoms with Crippen molar-refractivity contribution in [3.05, 3.63) is 78.2 Å². The summed E-state index contributed by atoms with van der Waals surface area (Å²) in [6.07, 6.45) is -4.62. The molecule has 0 radical (unpaired) electrons. The minimum atomic E-state index is -4.62. The van der Waals surface area contributed by atoms with Gasteiger partial charge in [-0.15, -0.1) is 0 Å². The van der Waals surface area contributed by atoms with Crippen LogP contribution in [0.2, 0.25) is 0 Å². The van der Waals surface area contributed by atoms with Crippen molar-refractivity contribution in [3.63, 3.8) is 0 Å². The molecule has 26 heavy (non-hydrogen) atoms. The van der Waals surface area contributed by atoms with Crippen molar-refractivity contribution in [2.24, 2.45) is 0 Å². The fraction of sp³-hybridized carbons (Fsp3) is 0.0526. The highest BCUT2D eigenvalue weighted by atomic mass is 19.4. The topological polar surface area (TPSA) is 30.2 Å². The van der Waals surface area contributed by atoms with Gasteiger partial charge in [-0.05, 0) is 30.3 Å². The molecule has 0 saturated carbocycles. The van der Waals surface area contributed by atoms with Crippen LogP contribution in [0.25, 0.3) is 28.2 Å². The number of hydrogen-bond acceptors (Lipinski definition) is 2. The van der Waals surface area contributed by atoms with E-state index in [4.69, 9.17) is 0 Å². The van der Waals surface area contributed by atoms with Crippen LogP contribution in [-0.4, -0.2) is 14.6 Å². The Hall–Kier alpha value is -3.22. The normalized spacial score (nSPS) is 11.8. The lowest BCUT2D eigenvalue weighted by molar-refractivity contribution is -0.142. The second-order valence-corrected chi connectivity index (χ2v) is 5.70. The largest absolute Gasteiger partial charge is 0.433 e. The molecule has 0 saturated heterocycles. The van der Waals surface area contributed by atoms with E-state index in [2.05, 4.69) is 10.1 Å². The number of nitrogens with zero attached hydrogens (tertiary/aromatic N) is 3. The molecular weight excluding hydrogens is 346 g/mol. The van der Waals surface area contributed by atoms with Crippen molar-refractivity contribution in [1.82, 2.24) is 14.6 Å². The molecule has 0 aliphatic rings. The first-order valence-electron chi connectivity index (χ1n) is 7.71. The summed E-state index contributed by atoms with van der Waals surface area (Å²) < 4.78 is 54.5. The first kappa shape index (κ1) is 16.3. The van der Waals surface area contributed by atoms with Crippen LogP contribution in [0, 0.1) is 5.82 Å². The molecule has 2 aromatic heterocycles. The van der Waals surface area contributed by atoms with Gasteiger partial charge in [-0.25, -0.2) is 13.9 Å². The lowest BCUT2D eigenvalue weighted by Crippen LogP contribution is -2.13. The summed E-state index contributed by atoms with van der Waals surface area (Å²) in [6, 6.07) is 16.5. The number of rotatable bonds is 2. The molecule has 2 aromatic carbocycles. The smallest absolute Gasteiger partial charge is 0.228 e. The summed E-state index contributed by atoms with van der Waals surface area (Å²) >= 11 is 0. The van der Waals surface area contributed by atoms with Gasteiger partial charge in [0.1, 0.15) is 5.82 Å². The van der Waals surface area contributed by atoms with Crippen LogP contribution in [0.1, 0.15) is 5.69 Å². The van der Waals surface area contributed by atoms with E-state index in [-0.39, 0.29) is 11.3 Å². The van der Waals surface area contributed by atoms with E-state index in [1.54, 1.807) is 24.3 Å². The van der Waals surface area contributed by atoms with Crippen molar-refractivity contribution < 1.29 is 17.6 Å². The zero-order valence-corrected chi connectivity index (χ0v) is 13.2. The third-order valence-corrected chi connectivity index (χ3v) is 3.93. The Bertz CT molecular complexity index is 1070. The van der Waals surface area contributed by atoms with Crippen molar-refractivity contribution in [1.29, 1.82) is 0 Å². The van der Waals surface area contributed by atoms with Gasteiger partial charge in [-0.1, -0.05) is 30.3 Å². The van der Waals surface area contributed by atoms with E-state index >= 15 is 0 Å². The van der Waals surface area contributed by atoms with Gasteiger partial charge in [0.05, 0.1) is 11.4 Å². The molecule has 3 nitrogen and oxygen atoms in total. The monoisotopic (exact) mass is 357 g/mol. The van der Waals surface area contributed by atoms with Gasteiger partial charge >= 0.3 is 6.18 Å². The molecule has 0 amide bonds. The fourth-order valence-electron chi connectivity index (χ4n) is 2.69. The Kier molecular flexibility index (Phi) is 3.72. The van der Waals surface area contributed by atoms with Crippen molar-refractivity contribution in [2.45, 2.75) is 6.18 Å². The number of benzene rings is 2. The predicted octanol–water partition coefficient (Wildman–Crippen LogP) is 5.22. The highest BCUT2D eigenvalue weighted by molar-refractivity contribution is 5.68. The highest BCUT2D eigenvalue weighted by Gasteiger charge is 2.35. The first-order chi connectivity index (χ1) is 12.4. The Labute approximate surface area is 145 Å². The average molecular weight is 357 g/mol. The molecule has 7 heteroatoms. The van der Waals surface area contributed by atoms with E-state index in [9.17, 15) is 17.6 Å². The minimum Gasteiger partial charge on any atom is -0.228 e. The third-order valence-electron chi connectivity index (χ3n) is 3.93. The maximum atomic E-state index is 13.5. The van der Waals surface area contributed by atoms with Crippen LogP contribution in [0.5, 0.6) is 0 Å². The average Bonchev–Trinajstić information content (AvgIpc) is 3.05. The Morgan fingerprint density at radius 2 is 1.42 bits per heavy atom. The molecule has 2 heterocycles. The molecule has 0 bridgehead atoms. The van der Waals surface area contributed by atoms with Crippen molar-refractivity contribution in [3.8, 4) is 22.5 Å². The van der Waals surface area contributed by atoms with Crippen molar-refractivity contribution in [2.75, 3.05) is 0 Å². The van der Waals surface area contributed by atoms with Gasteiger partial charge < -0.3 is 0 Å². The number of alkyl halides is 3. The lowest BCUT2D eigenvalue weighted by atomic mass is 10.1. The van der Waals surface area contributed by atoms with Crippen LogP contribution in [0.3, 0.4) is 0 Å². The number of hydrogen-bond donors (Lipinski definition) is 0. The van der Waals surface area contributed by atoms with E-state index < -0.39 is 17.7 Å². The Balaban J connectivity index is 1.95. The number of aromatic nitrogens is 3. The first-order valence-corrected chi connectivity index (χ1v) is 7.71. The lowest BCUT2D eigenvalue weighted by Gasteiger charge is -2.11. The van der Waals surface area contributed by atoms with Crippen LogP contribution in [0.15, 0.2) is 66.7 Å². The number of fused-ring (bicyclic) bond motifs is 1. The number of halogens is 4. The molecule has 0 fully saturated rings. The second-order valence-electron chi connectivity index (χ2n) is 5.70. The SMILES string of the molecule is Fc1ccc(-c2cc(C(F)(F)F)n3nc(-c4ccccc4)cc3n2)cc1. The van der Waals surface area contributed by atoms with Crippen molar-refractivity contribution >= 4 is 5.65 Å². The Morgan fingerprint density at radius 3 is 2.08 bits per heavy atom. The molecule has 4 rings (SSSR count). The maximum Gasteiger partial charge on any atom is 0.433 e. The van der Waals surface area contributed by atoms with Gasteiger partial charge in [0, 0.05) is 17.2 Å². The summed E-state index contributed by atoms with van der Waals surface area (Å²) in [7, 11) is 0. The summed E-state index contributed by atoms with van der Waals surface area (Å²) in [5.41, 5.74) is 0.697. The third kappa shape index (κ3) is 2.92. The molecule has 130 valence electrons. The molecule has 0 N–H and O–H groups in total. The van der Waals surface area contributed by atoms with E-state index in [1.165, 1.54) is 30.3 Å². The van der Waals surface area contributed by atoms with E-state index in [1.807, 2.05) is 6.07 Å². The molecule has 0 spiro atoms. The molecule has 0 unspecified atom stereocenters. The second kappa shape index (κ2) is 5.94. The van der Waals surface area contributed by atoms with Gasteiger partial charge in [-0.2, -0.15) is 18.3 Å². The fourth-order valence-corrected chi connectivity index (χ4v) is 2.69.